The molecule has 3 rings (SSSR count). The van der Waals surface area contributed by atoms with Gasteiger partial charge >= 0.3 is 0 Å². The Morgan fingerprint density at radius 1 is 1.05 bits per heavy atom. The summed E-state index contributed by atoms with van der Waals surface area (Å²) >= 11 is 5.32. The Morgan fingerprint density at radius 2 is 1.86 bits per heavy atom. The van der Waals surface area contributed by atoms with Crippen molar-refractivity contribution in [3.8, 4) is 11.3 Å². The second-order valence-electron chi connectivity index (χ2n) is 5.19. The molecule has 0 saturated carbocycles. The molecule has 1 aromatic heterocycles. The molecule has 0 atom stereocenters. The lowest BCUT2D eigenvalue weighted by atomic mass is 10.1. The van der Waals surface area contributed by atoms with Gasteiger partial charge in [-0.3, -0.25) is 0 Å². The molecule has 3 heteroatoms. The molecule has 0 unspecified atom stereocenters. The number of aryl methyl sites for hydroxylation is 2. The minimum absolute atomic E-state index is 0.904. The quantitative estimate of drug-likeness (QED) is 0.578. The lowest BCUT2D eigenvalue weighted by molar-refractivity contribution is 1.13. The molecule has 2 aromatic carbocycles. The zero-order chi connectivity index (χ0) is 14.8. The standard InChI is InChI=1S/C18H16BrNS/c1-12-5-3-6-14(9-12)10-17-20-18(13(2)21-17)15-7-4-8-16(19)11-15/h3-9,11H,10H2,1-2H3. The van der Waals surface area contributed by atoms with Crippen LogP contribution in [0.3, 0.4) is 0 Å². The van der Waals surface area contributed by atoms with Gasteiger partial charge in [-0.1, -0.05) is 57.9 Å². The minimum atomic E-state index is 0.904. The van der Waals surface area contributed by atoms with Crippen molar-refractivity contribution in [2.75, 3.05) is 0 Å². The lowest BCUT2D eigenvalue weighted by Crippen LogP contribution is -1.88. The molecule has 0 aliphatic rings. The first-order valence-corrected chi connectivity index (χ1v) is 8.50. The van der Waals surface area contributed by atoms with E-state index in [1.54, 1.807) is 11.3 Å². The van der Waals surface area contributed by atoms with Crippen molar-refractivity contribution in [3.05, 3.63) is 74.0 Å². The van der Waals surface area contributed by atoms with E-state index in [-0.39, 0.29) is 0 Å². The molecule has 0 aliphatic heterocycles. The maximum atomic E-state index is 4.84. The fraction of sp³-hybridized carbons (Fsp3) is 0.167. The van der Waals surface area contributed by atoms with E-state index in [9.17, 15) is 0 Å². The van der Waals surface area contributed by atoms with Crippen molar-refractivity contribution in [1.82, 2.24) is 4.98 Å². The summed E-state index contributed by atoms with van der Waals surface area (Å²) in [5.74, 6) is 0. The average molecular weight is 358 g/mol. The fourth-order valence-corrected chi connectivity index (χ4v) is 3.82. The Bertz CT molecular complexity index is 776. The Balaban J connectivity index is 1.91. The molecule has 0 amide bonds. The second kappa shape index (κ2) is 6.12. The van der Waals surface area contributed by atoms with Crippen LogP contribution in [-0.2, 0) is 6.42 Å². The number of thiazole rings is 1. The number of hydrogen-bond donors (Lipinski definition) is 0. The summed E-state index contributed by atoms with van der Waals surface area (Å²) in [5.41, 5.74) is 4.90. The molecule has 0 fully saturated rings. The monoisotopic (exact) mass is 357 g/mol. The van der Waals surface area contributed by atoms with E-state index in [0.29, 0.717) is 0 Å². The smallest absolute Gasteiger partial charge is 0.0979 e. The molecule has 0 N–H and O–H groups in total. The van der Waals surface area contributed by atoms with Crippen LogP contribution >= 0.6 is 27.3 Å². The zero-order valence-corrected chi connectivity index (χ0v) is 14.5. The van der Waals surface area contributed by atoms with Gasteiger partial charge in [0.2, 0.25) is 0 Å². The van der Waals surface area contributed by atoms with Gasteiger partial charge in [0.25, 0.3) is 0 Å². The molecule has 21 heavy (non-hydrogen) atoms. The summed E-state index contributed by atoms with van der Waals surface area (Å²) < 4.78 is 1.09. The van der Waals surface area contributed by atoms with Crippen molar-refractivity contribution in [2.45, 2.75) is 20.3 Å². The van der Waals surface area contributed by atoms with E-state index in [1.807, 2.05) is 6.07 Å². The molecule has 0 bridgehead atoms. The predicted molar refractivity (Wildman–Crippen MR) is 94.0 cm³/mol. The van der Waals surface area contributed by atoms with Crippen LogP contribution in [0, 0.1) is 13.8 Å². The third-order valence-corrected chi connectivity index (χ3v) is 4.84. The Morgan fingerprint density at radius 3 is 2.62 bits per heavy atom. The first-order valence-electron chi connectivity index (χ1n) is 6.89. The van der Waals surface area contributed by atoms with Gasteiger partial charge in [0.05, 0.1) is 10.7 Å². The molecule has 1 heterocycles. The second-order valence-corrected chi connectivity index (χ2v) is 7.39. The molecular formula is C18H16BrNS. The normalized spacial score (nSPS) is 10.8. The van der Waals surface area contributed by atoms with Gasteiger partial charge in [-0.25, -0.2) is 4.98 Å². The number of benzene rings is 2. The van der Waals surface area contributed by atoms with Gasteiger partial charge in [-0.2, -0.15) is 0 Å². The van der Waals surface area contributed by atoms with Crippen LogP contribution in [-0.4, -0.2) is 4.98 Å². The maximum Gasteiger partial charge on any atom is 0.0979 e. The van der Waals surface area contributed by atoms with E-state index in [0.717, 1.165) is 16.6 Å². The lowest BCUT2D eigenvalue weighted by Gasteiger charge is -2.00. The van der Waals surface area contributed by atoms with Gasteiger partial charge in [0, 0.05) is 21.3 Å². The maximum absolute atomic E-state index is 4.84. The van der Waals surface area contributed by atoms with E-state index in [2.05, 4.69) is 72.2 Å². The van der Waals surface area contributed by atoms with Crippen LogP contribution in [0.1, 0.15) is 21.0 Å². The van der Waals surface area contributed by atoms with Crippen molar-refractivity contribution in [3.63, 3.8) is 0 Å². The van der Waals surface area contributed by atoms with Crippen LogP contribution in [0.15, 0.2) is 53.0 Å². The van der Waals surface area contributed by atoms with Crippen LogP contribution in [0.2, 0.25) is 0 Å². The summed E-state index contributed by atoms with van der Waals surface area (Å²) in [7, 11) is 0. The van der Waals surface area contributed by atoms with Gasteiger partial charge in [-0.15, -0.1) is 11.3 Å². The molecule has 0 saturated heterocycles. The molecule has 106 valence electrons. The Hall–Kier alpha value is -1.45. The van der Waals surface area contributed by atoms with Gasteiger partial charge in [0.15, 0.2) is 0 Å². The van der Waals surface area contributed by atoms with Gasteiger partial charge in [0.1, 0.15) is 0 Å². The SMILES string of the molecule is Cc1cccc(Cc2nc(-c3cccc(Br)c3)c(C)s2)c1. The van der Waals surface area contributed by atoms with Gasteiger partial charge < -0.3 is 0 Å². The van der Waals surface area contributed by atoms with E-state index in [4.69, 9.17) is 4.98 Å². The molecule has 0 spiro atoms. The number of nitrogens with zero attached hydrogens (tertiary/aromatic N) is 1. The topological polar surface area (TPSA) is 12.9 Å². The third-order valence-electron chi connectivity index (χ3n) is 3.38. The summed E-state index contributed by atoms with van der Waals surface area (Å²) in [5, 5.41) is 1.17. The van der Waals surface area contributed by atoms with Crippen LogP contribution in [0.25, 0.3) is 11.3 Å². The summed E-state index contributed by atoms with van der Waals surface area (Å²) in [4.78, 5) is 6.12. The van der Waals surface area contributed by atoms with Crippen LogP contribution in [0.5, 0.6) is 0 Å². The highest BCUT2D eigenvalue weighted by atomic mass is 79.9. The molecule has 0 radical (unpaired) electrons. The first kappa shape index (κ1) is 14.5. The zero-order valence-electron chi connectivity index (χ0n) is 12.1. The highest BCUT2D eigenvalue weighted by molar-refractivity contribution is 9.10. The van der Waals surface area contributed by atoms with Crippen molar-refractivity contribution >= 4 is 27.3 Å². The van der Waals surface area contributed by atoms with Crippen molar-refractivity contribution in [2.24, 2.45) is 0 Å². The predicted octanol–water partition coefficient (Wildman–Crippen LogP) is 5.78. The van der Waals surface area contributed by atoms with E-state index >= 15 is 0 Å². The summed E-state index contributed by atoms with van der Waals surface area (Å²) in [6.07, 6.45) is 0.904. The molecular weight excluding hydrogens is 342 g/mol. The van der Waals surface area contributed by atoms with Crippen molar-refractivity contribution in [1.29, 1.82) is 0 Å². The third kappa shape index (κ3) is 3.42. The molecule has 1 nitrogen and oxygen atoms in total. The minimum Gasteiger partial charge on any atom is -0.241 e. The number of halogens is 1. The number of hydrogen-bond acceptors (Lipinski definition) is 2. The fourth-order valence-electron chi connectivity index (χ4n) is 2.43. The number of aromatic nitrogens is 1. The highest BCUT2D eigenvalue weighted by Crippen LogP contribution is 2.30. The van der Waals surface area contributed by atoms with Crippen LogP contribution in [0.4, 0.5) is 0 Å². The summed E-state index contributed by atoms with van der Waals surface area (Å²) in [6.45, 7) is 4.27. The Labute approximate surface area is 137 Å². The Kier molecular flexibility index (Phi) is 4.22. The highest BCUT2D eigenvalue weighted by Gasteiger charge is 2.10. The number of rotatable bonds is 3. The van der Waals surface area contributed by atoms with E-state index in [1.165, 1.54) is 26.6 Å². The van der Waals surface area contributed by atoms with Crippen LogP contribution < -0.4 is 0 Å². The van der Waals surface area contributed by atoms with Crippen molar-refractivity contribution < 1.29 is 0 Å². The average Bonchev–Trinajstić information content (AvgIpc) is 2.79. The summed E-state index contributed by atoms with van der Waals surface area (Å²) in [6, 6.07) is 17.0. The molecule has 3 aromatic rings. The van der Waals surface area contributed by atoms with E-state index < -0.39 is 0 Å². The largest absolute Gasteiger partial charge is 0.241 e. The first-order chi connectivity index (χ1) is 10.1. The van der Waals surface area contributed by atoms with Gasteiger partial charge in [-0.05, 0) is 31.5 Å². The molecule has 0 aliphatic carbocycles.